The van der Waals surface area contributed by atoms with Crippen molar-refractivity contribution in [2.75, 3.05) is 6.54 Å². The summed E-state index contributed by atoms with van der Waals surface area (Å²) in [7, 11) is 0. The number of hydrogen-bond acceptors (Lipinski definition) is 5. The molecule has 120 valence electrons. The third kappa shape index (κ3) is 3.97. The highest BCUT2D eigenvalue weighted by Crippen LogP contribution is 2.25. The lowest BCUT2D eigenvalue weighted by molar-refractivity contribution is -0.385. The molecule has 0 saturated heterocycles. The van der Waals surface area contributed by atoms with Gasteiger partial charge in [-0.3, -0.25) is 14.9 Å². The first-order valence-corrected chi connectivity index (χ1v) is 6.92. The maximum Gasteiger partial charge on any atom is 0.273 e. The highest BCUT2D eigenvalue weighted by atomic mass is 16.6. The van der Waals surface area contributed by atoms with Gasteiger partial charge in [0.25, 0.3) is 11.6 Å². The Bertz CT molecular complexity index is 758. The summed E-state index contributed by atoms with van der Waals surface area (Å²) >= 11 is 0. The predicted octanol–water partition coefficient (Wildman–Crippen LogP) is 2.29. The fourth-order valence-electron chi connectivity index (χ4n) is 2.09. The summed E-state index contributed by atoms with van der Waals surface area (Å²) in [6, 6.07) is 8.73. The first-order chi connectivity index (χ1) is 10.9. The molecule has 23 heavy (non-hydrogen) atoms. The lowest BCUT2D eigenvalue weighted by Crippen LogP contribution is -2.25. The Kier molecular flexibility index (Phi) is 4.80. The number of hydrogen-bond donors (Lipinski definition) is 3. The van der Waals surface area contributed by atoms with E-state index in [4.69, 9.17) is 0 Å². The van der Waals surface area contributed by atoms with Crippen LogP contribution in [0.15, 0.2) is 36.4 Å². The summed E-state index contributed by atoms with van der Waals surface area (Å²) in [5.41, 5.74) is 1.36. The van der Waals surface area contributed by atoms with E-state index >= 15 is 0 Å². The third-order valence-corrected chi connectivity index (χ3v) is 3.41. The van der Waals surface area contributed by atoms with Crippen molar-refractivity contribution in [3.05, 3.63) is 63.2 Å². The van der Waals surface area contributed by atoms with Crippen molar-refractivity contribution < 1.29 is 19.9 Å². The number of carbonyl (C=O) groups is 1. The lowest BCUT2D eigenvalue weighted by Gasteiger charge is -2.07. The molecule has 0 bridgehead atoms. The molecule has 0 aliphatic rings. The zero-order valence-corrected chi connectivity index (χ0v) is 12.4. The zero-order chi connectivity index (χ0) is 17.0. The number of benzene rings is 2. The van der Waals surface area contributed by atoms with Crippen LogP contribution in [0, 0.1) is 17.0 Å². The minimum absolute atomic E-state index is 0.0962. The van der Waals surface area contributed by atoms with Crippen molar-refractivity contribution in [3.63, 3.8) is 0 Å². The molecule has 2 aromatic carbocycles. The maximum atomic E-state index is 12.0. The van der Waals surface area contributed by atoms with Crippen LogP contribution in [0.3, 0.4) is 0 Å². The molecular weight excluding hydrogens is 300 g/mol. The Morgan fingerprint density at radius 2 is 1.91 bits per heavy atom. The molecule has 0 aliphatic heterocycles. The van der Waals surface area contributed by atoms with Gasteiger partial charge in [-0.25, -0.2) is 0 Å². The molecule has 0 aliphatic carbocycles. The van der Waals surface area contributed by atoms with Gasteiger partial charge in [-0.05, 0) is 37.1 Å². The van der Waals surface area contributed by atoms with Crippen molar-refractivity contribution in [1.82, 2.24) is 5.32 Å². The van der Waals surface area contributed by atoms with Gasteiger partial charge in [0.2, 0.25) is 0 Å². The summed E-state index contributed by atoms with van der Waals surface area (Å²) in [6.07, 6.45) is 0.452. The molecule has 0 atom stereocenters. The SMILES string of the molecule is Cc1ccc(C(=O)NCCc2ccc(O)c(O)c2)cc1[N+](=O)[O-]. The first kappa shape index (κ1) is 16.3. The molecule has 3 N–H and O–H groups in total. The van der Waals surface area contributed by atoms with E-state index in [9.17, 15) is 25.1 Å². The molecule has 0 fully saturated rings. The quantitative estimate of drug-likeness (QED) is 0.445. The highest BCUT2D eigenvalue weighted by molar-refractivity contribution is 5.94. The molecule has 1 amide bonds. The molecule has 0 aromatic heterocycles. The van der Waals surface area contributed by atoms with E-state index in [1.807, 2.05) is 0 Å². The Morgan fingerprint density at radius 3 is 2.57 bits per heavy atom. The van der Waals surface area contributed by atoms with Gasteiger partial charge in [0.1, 0.15) is 0 Å². The number of nitro groups is 1. The van der Waals surface area contributed by atoms with Gasteiger partial charge in [-0.2, -0.15) is 0 Å². The zero-order valence-electron chi connectivity index (χ0n) is 12.4. The van der Waals surface area contributed by atoms with E-state index in [-0.39, 0.29) is 22.7 Å². The summed E-state index contributed by atoms with van der Waals surface area (Å²) in [5, 5.41) is 32.2. The Balaban J connectivity index is 1.98. The van der Waals surface area contributed by atoms with Gasteiger partial charge < -0.3 is 15.5 Å². The van der Waals surface area contributed by atoms with Crippen LogP contribution in [0.2, 0.25) is 0 Å². The number of nitrogens with one attached hydrogen (secondary N) is 1. The van der Waals surface area contributed by atoms with Crippen LogP contribution in [0.25, 0.3) is 0 Å². The van der Waals surface area contributed by atoms with Gasteiger partial charge in [-0.1, -0.05) is 12.1 Å². The van der Waals surface area contributed by atoms with E-state index < -0.39 is 10.8 Å². The normalized spacial score (nSPS) is 10.3. The standard InChI is InChI=1S/C16H16N2O5/c1-10-2-4-12(9-13(10)18(22)23)16(21)17-7-6-11-3-5-14(19)15(20)8-11/h2-5,8-9,19-20H,6-7H2,1H3,(H,17,21). The topological polar surface area (TPSA) is 113 Å². The molecule has 0 heterocycles. The number of aromatic hydroxyl groups is 2. The molecule has 7 heteroatoms. The van der Waals surface area contributed by atoms with E-state index in [1.165, 1.54) is 30.3 Å². The fourth-order valence-corrected chi connectivity index (χ4v) is 2.09. The second kappa shape index (κ2) is 6.78. The molecular formula is C16H16N2O5. The van der Waals surface area contributed by atoms with E-state index in [0.717, 1.165) is 5.56 Å². The van der Waals surface area contributed by atoms with Crippen LogP contribution in [0.5, 0.6) is 11.5 Å². The predicted molar refractivity (Wildman–Crippen MR) is 83.6 cm³/mol. The number of rotatable bonds is 5. The average molecular weight is 316 g/mol. The number of nitrogens with zero attached hydrogens (tertiary/aromatic N) is 1. The molecule has 0 unspecified atom stereocenters. The lowest BCUT2D eigenvalue weighted by atomic mass is 10.1. The number of aryl methyl sites for hydroxylation is 1. The van der Waals surface area contributed by atoms with Crippen LogP contribution >= 0.6 is 0 Å². The van der Waals surface area contributed by atoms with Crippen molar-refractivity contribution >= 4 is 11.6 Å². The van der Waals surface area contributed by atoms with Gasteiger partial charge in [0.05, 0.1) is 4.92 Å². The van der Waals surface area contributed by atoms with Gasteiger partial charge >= 0.3 is 0 Å². The Morgan fingerprint density at radius 1 is 1.17 bits per heavy atom. The summed E-state index contributed by atoms with van der Waals surface area (Å²) in [5.74, 6) is -0.830. The van der Waals surface area contributed by atoms with Gasteiger partial charge in [-0.15, -0.1) is 0 Å². The molecule has 0 saturated carbocycles. The summed E-state index contributed by atoms with van der Waals surface area (Å²) in [4.78, 5) is 22.4. The third-order valence-electron chi connectivity index (χ3n) is 3.41. The highest BCUT2D eigenvalue weighted by Gasteiger charge is 2.14. The van der Waals surface area contributed by atoms with Crippen LogP contribution in [-0.4, -0.2) is 27.6 Å². The van der Waals surface area contributed by atoms with Crippen LogP contribution in [0.1, 0.15) is 21.5 Å². The summed E-state index contributed by atoms with van der Waals surface area (Å²) in [6.45, 7) is 1.90. The molecule has 0 radical (unpaired) electrons. The Hall–Kier alpha value is -3.09. The maximum absolute atomic E-state index is 12.0. The van der Waals surface area contributed by atoms with Crippen LogP contribution in [-0.2, 0) is 6.42 Å². The largest absolute Gasteiger partial charge is 0.504 e. The number of phenols is 2. The average Bonchev–Trinajstić information content (AvgIpc) is 2.50. The van der Waals surface area contributed by atoms with E-state index in [0.29, 0.717) is 18.5 Å². The second-order valence-corrected chi connectivity index (χ2v) is 5.09. The van der Waals surface area contributed by atoms with Crippen molar-refractivity contribution in [2.24, 2.45) is 0 Å². The molecule has 2 rings (SSSR count). The van der Waals surface area contributed by atoms with Crippen molar-refractivity contribution in [2.45, 2.75) is 13.3 Å². The number of phenolic OH excluding ortho intramolecular Hbond substituents is 2. The van der Waals surface area contributed by atoms with E-state index in [2.05, 4.69) is 5.32 Å². The molecule has 7 nitrogen and oxygen atoms in total. The second-order valence-electron chi connectivity index (χ2n) is 5.09. The van der Waals surface area contributed by atoms with Crippen molar-refractivity contribution in [1.29, 1.82) is 0 Å². The fraction of sp³-hybridized carbons (Fsp3) is 0.188. The number of carbonyl (C=O) groups excluding carboxylic acids is 1. The first-order valence-electron chi connectivity index (χ1n) is 6.92. The van der Waals surface area contributed by atoms with E-state index in [1.54, 1.807) is 13.0 Å². The minimum Gasteiger partial charge on any atom is -0.504 e. The Labute approximate surface area is 132 Å². The van der Waals surface area contributed by atoms with Gasteiger partial charge in [0.15, 0.2) is 11.5 Å². The molecule has 0 spiro atoms. The monoisotopic (exact) mass is 316 g/mol. The molecule has 2 aromatic rings. The smallest absolute Gasteiger partial charge is 0.273 e. The minimum atomic E-state index is -0.522. The number of nitro benzene ring substituents is 1. The van der Waals surface area contributed by atoms with Gasteiger partial charge in [0, 0.05) is 23.7 Å². The van der Waals surface area contributed by atoms with Crippen LogP contribution in [0.4, 0.5) is 5.69 Å². The van der Waals surface area contributed by atoms with Crippen molar-refractivity contribution in [3.8, 4) is 11.5 Å². The number of amides is 1. The summed E-state index contributed by atoms with van der Waals surface area (Å²) < 4.78 is 0. The van der Waals surface area contributed by atoms with Crippen LogP contribution < -0.4 is 5.32 Å².